The van der Waals surface area contributed by atoms with Gasteiger partial charge >= 0.3 is 0 Å². The Hall–Kier alpha value is -0.820. The molecule has 0 bridgehead atoms. The van der Waals surface area contributed by atoms with Gasteiger partial charge in [0, 0.05) is 0 Å². The van der Waals surface area contributed by atoms with Crippen LogP contribution in [-0.4, -0.2) is 24.5 Å². The van der Waals surface area contributed by atoms with E-state index in [9.17, 15) is 0 Å². The molecule has 1 heterocycles. The second-order valence-corrected chi connectivity index (χ2v) is 6.05. The first-order chi connectivity index (χ1) is 8.08. The fraction of sp³-hybridized carbons (Fsp3) is 0.625. The lowest BCUT2D eigenvalue weighted by molar-refractivity contribution is 0.297. The fourth-order valence-corrected chi connectivity index (χ4v) is 2.59. The highest BCUT2D eigenvalue weighted by atomic mass is 15.1. The smallest absolute Gasteiger partial charge is 0.00104 e. The third-order valence-corrected chi connectivity index (χ3v) is 4.08. The second kappa shape index (κ2) is 5.22. The molecule has 0 amide bonds. The topological polar surface area (TPSA) is 3.24 Å². The van der Waals surface area contributed by atoms with Crippen LogP contribution in [-0.2, 0) is 5.41 Å². The van der Waals surface area contributed by atoms with Gasteiger partial charge in [0.15, 0.2) is 0 Å². The van der Waals surface area contributed by atoms with Gasteiger partial charge < -0.3 is 4.90 Å². The SMILES string of the molecule is Cc1ccc(C(C)(C)CCN2CCCC2)cc1. The number of likely N-dealkylation sites (tertiary alicyclic amines) is 1. The summed E-state index contributed by atoms with van der Waals surface area (Å²) in [4.78, 5) is 2.61. The highest BCUT2D eigenvalue weighted by Crippen LogP contribution is 2.28. The minimum absolute atomic E-state index is 0.302. The van der Waals surface area contributed by atoms with Gasteiger partial charge in [-0.15, -0.1) is 0 Å². The Morgan fingerprint density at radius 1 is 1.06 bits per heavy atom. The third-order valence-electron chi connectivity index (χ3n) is 4.08. The summed E-state index contributed by atoms with van der Waals surface area (Å²) in [5, 5.41) is 0. The Morgan fingerprint density at radius 3 is 2.24 bits per heavy atom. The molecule has 0 aromatic heterocycles. The Bertz CT molecular complexity index is 344. The number of rotatable bonds is 4. The third kappa shape index (κ3) is 3.32. The maximum absolute atomic E-state index is 2.61. The van der Waals surface area contributed by atoms with Crippen molar-refractivity contribution in [2.75, 3.05) is 19.6 Å². The van der Waals surface area contributed by atoms with Gasteiger partial charge in [-0.05, 0) is 56.8 Å². The molecule has 17 heavy (non-hydrogen) atoms. The van der Waals surface area contributed by atoms with Crippen LogP contribution in [0.1, 0.15) is 44.2 Å². The fourth-order valence-electron chi connectivity index (χ4n) is 2.59. The first kappa shape index (κ1) is 12.6. The summed E-state index contributed by atoms with van der Waals surface area (Å²) in [6, 6.07) is 9.04. The Labute approximate surface area is 106 Å². The van der Waals surface area contributed by atoms with E-state index >= 15 is 0 Å². The molecule has 0 N–H and O–H groups in total. The highest BCUT2D eigenvalue weighted by molar-refractivity contribution is 5.27. The first-order valence-corrected chi connectivity index (χ1v) is 6.87. The average molecular weight is 231 g/mol. The molecule has 1 saturated heterocycles. The largest absolute Gasteiger partial charge is 0.303 e. The molecule has 1 aromatic rings. The molecule has 1 aromatic carbocycles. The molecule has 1 aliphatic rings. The van der Waals surface area contributed by atoms with Crippen LogP contribution in [0, 0.1) is 6.92 Å². The van der Waals surface area contributed by atoms with Crippen molar-refractivity contribution in [3.63, 3.8) is 0 Å². The van der Waals surface area contributed by atoms with Crippen molar-refractivity contribution >= 4 is 0 Å². The Balaban J connectivity index is 1.94. The van der Waals surface area contributed by atoms with Crippen LogP contribution < -0.4 is 0 Å². The summed E-state index contributed by atoms with van der Waals surface area (Å²) < 4.78 is 0. The van der Waals surface area contributed by atoms with Crippen molar-refractivity contribution in [3.05, 3.63) is 35.4 Å². The van der Waals surface area contributed by atoms with Crippen molar-refractivity contribution in [3.8, 4) is 0 Å². The van der Waals surface area contributed by atoms with Gasteiger partial charge in [-0.1, -0.05) is 43.7 Å². The molecular weight excluding hydrogens is 206 g/mol. The summed E-state index contributed by atoms with van der Waals surface area (Å²) in [5.41, 5.74) is 3.13. The summed E-state index contributed by atoms with van der Waals surface area (Å²) in [5.74, 6) is 0. The van der Waals surface area contributed by atoms with E-state index in [0.717, 1.165) is 0 Å². The highest BCUT2D eigenvalue weighted by Gasteiger charge is 2.22. The second-order valence-electron chi connectivity index (χ2n) is 6.05. The lowest BCUT2D eigenvalue weighted by atomic mass is 9.81. The van der Waals surface area contributed by atoms with Crippen LogP contribution in [0.3, 0.4) is 0 Å². The molecule has 94 valence electrons. The normalized spacial score (nSPS) is 17.6. The summed E-state index contributed by atoms with van der Waals surface area (Å²) in [7, 11) is 0. The minimum Gasteiger partial charge on any atom is -0.303 e. The van der Waals surface area contributed by atoms with E-state index in [4.69, 9.17) is 0 Å². The maximum Gasteiger partial charge on any atom is -0.00104 e. The van der Waals surface area contributed by atoms with Crippen molar-refractivity contribution in [2.45, 2.75) is 45.4 Å². The van der Waals surface area contributed by atoms with Crippen LogP contribution in [0.4, 0.5) is 0 Å². The molecular formula is C16H25N. The lowest BCUT2D eigenvalue weighted by Gasteiger charge is -2.28. The molecule has 0 atom stereocenters. The summed E-state index contributed by atoms with van der Waals surface area (Å²) in [6.45, 7) is 10.8. The number of hydrogen-bond acceptors (Lipinski definition) is 1. The van der Waals surface area contributed by atoms with E-state index in [-0.39, 0.29) is 0 Å². The van der Waals surface area contributed by atoms with Gasteiger partial charge in [0.05, 0.1) is 0 Å². The molecule has 0 radical (unpaired) electrons. The molecule has 1 heteroatoms. The van der Waals surface area contributed by atoms with E-state index < -0.39 is 0 Å². The zero-order valence-electron chi connectivity index (χ0n) is 11.5. The van der Waals surface area contributed by atoms with Crippen molar-refractivity contribution in [2.24, 2.45) is 0 Å². The molecule has 2 rings (SSSR count). The zero-order chi connectivity index (χ0) is 12.3. The Morgan fingerprint density at radius 2 is 1.65 bits per heavy atom. The standard InChI is InChI=1S/C16H25N/c1-14-6-8-15(9-7-14)16(2,3)10-13-17-11-4-5-12-17/h6-9H,4-5,10-13H2,1-3H3. The van der Waals surface area contributed by atoms with Crippen LogP contribution in [0.5, 0.6) is 0 Å². The lowest BCUT2D eigenvalue weighted by Crippen LogP contribution is -2.27. The van der Waals surface area contributed by atoms with E-state index in [1.807, 2.05) is 0 Å². The van der Waals surface area contributed by atoms with Gasteiger partial charge in [-0.25, -0.2) is 0 Å². The number of hydrogen-bond donors (Lipinski definition) is 0. The molecule has 1 nitrogen and oxygen atoms in total. The van der Waals surface area contributed by atoms with Gasteiger partial charge in [-0.3, -0.25) is 0 Å². The van der Waals surface area contributed by atoms with Crippen LogP contribution in [0.25, 0.3) is 0 Å². The Kier molecular flexibility index (Phi) is 3.88. The number of benzene rings is 1. The monoisotopic (exact) mass is 231 g/mol. The van der Waals surface area contributed by atoms with E-state index in [1.54, 1.807) is 0 Å². The molecule has 0 aliphatic carbocycles. The van der Waals surface area contributed by atoms with Gasteiger partial charge in [0.1, 0.15) is 0 Å². The number of aryl methyl sites for hydroxylation is 1. The maximum atomic E-state index is 2.61. The summed E-state index contributed by atoms with van der Waals surface area (Å²) in [6.07, 6.45) is 4.05. The predicted octanol–water partition coefficient (Wildman–Crippen LogP) is 3.76. The minimum atomic E-state index is 0.302. The zero-order valence-corrected chi connectivity index (χ0v) is 11.5. The molecule has 0 unspecified atom stereocenters. The van der Waals surface area contributed by atoms with Gasteiger partial charge in [0.2, 0.25) is 0 Å². The van der Waals surface area contributed by atoms with Crippen LogP contribution >= 0.6 is 0 Å². The van der Waals surface area contributed by atoms with Gasteiger partial charge in [0.25, 0.3) is 0 Å². The first-order valence-electron chi connectivity index (χ1n) is 6.87. The molecule has 0 spiro atoms. The van der Waals surface area contributed by atoms with Gasteiger partial charge in [-0.2, -0.15) is 0 Å². The van der Waals surface area contributed by atoms with E-state index in [2.05, 4.69) is 49.9 Å². The molecule has 1 fully saturated rings. The van der Waals surface area contributed by atoms with Crippen molar-refractivity contribution < 1.29 is 0 Å². The summed E-state index contributed by atoms with van der Waals surface area (Å²) >= 11 is 0. The molecule has 0 saturated carbocycles. The number of nitrogens with zero attached hydrogens (tertiary/aromatic N) is 1. The van der Waals surface area contributed by atoms with E-state index in [0.29, 0.717) is 5.41 Å². The van der Waals surface area contributed by atoms with Crippen molar-refractivity contribution in [1.29, 1.82) is 0 Å². The average Bonchev–Trinajstić information content (AvgIpc) is 2.80. The van der Waals surface area contributed by atoms with E-state index in [1.165, 1.54) is 50.0 Å². The van der Waals surface area contributed by atoms with Crippen molar-refractivity contribution in [1.82, 2.24) is 4.90 Å². The quantitative estimate of drug-likeness (QED) is 0.762. The molecule has 1 aliphatic heterocycles. The predicted molar refractivity (Wildman–Crippen MR) is 74.5 cm³/mol. The van der Waals surface area contributed by atoms with Crippen LogP contribution in [0.15, 0.2) is 24.3 Å². The van der Waals surface area contributed by atoms with Crippen LogP contribution in [0.2, 0.25) is 0 Å².